The minimum absolute atomic E-state index is 0.177. The molecule has 2 aromatic carbocycles. The number of hydrogen-bond acceptors (Lipinski definition) is 5. The van der Waals surface area contributed by atoms with Crippen molar-refractivity contribution in [3.8, 4) is 6.07 Å². The fourth-order valence-electron chi connectivity index (χ4n) is 2.30. The Morgan fingerprint density at radius 1 is 1.07 bits per heavy atom. The number of aryl methyl sites for hydroxylation is 1. The summed E-state index contributed by atoms with van der Waals surface area (Å²) in [5.74, 6) is -1.69. The lowest BCUT2D eigenvalue weighted by atomic mass is 10.1. The number of nitriles is 1. The van der Waals surface area contributed by atoms with E-state index in [9.17, 15) is 14.4 Å². The molecule has 0 unspecified atom stereocenters. The number of para-hydroxylation sites is 1. The minimum atomic E-state index is -0.719. The van der Waals surface area contributed by atoms with Gasteiger partial charge in [0.25, 0.3) is 5.91 Å². The zero-order valence-corrected chi connectivity index (χ0v) is 14.8. The molecule has 0 aliphatic rings. The van der Waals surface area contributed by atoms with Gasteiger partial charge in [0.2, 0.25) is 5.91 Å². The highest BCUT2D eigenvalue weighted by Crippen LogP contribution is 2.14. The van der Waals surface area contributed by atoms with Gasteiger partial charge in [-0.05, 0) is 36.2 Å². The molecule has 0 heterocycles. The molecule has 0 saturated heterocycles. The maximum Gasteiger partial charge on any atom is 0.338 e. The molecule has 0 aliphatic heterocycles. The summed E-state index contributed by atoms with van der Waals surface area (Å²) in [7, 11) is 0. The highest BCUT2D eigenvalue weighted by Gasteiger charge is 2.12. The van der Waals surface area contributed by atoms with E-state index in [0.29, 0.717) is 11.3 Å². The van der Waals surface area contributed by atoms with E-state index < -0.39 is 18.5 Å². The summed E-state index contributed by atoms with van der Waals surface area (Å²) >= 11 is 0. The van der Waals surface area contributed by atoms with E-state index in [-0.39, 0.29) is 18.0 Å². The molecule has 27 heavy (non-hydrogen) atoms. The third-order valence-electron chi connectivity index (χ3n) is 3.68. The van der Waals surface area contributed by atoms with Gasteiger partial charge in [-0.25, -0.2) is 4.79 Å². The zero-order chi connectivity index (χ0) is 19.6. The van der Waals surface area contributed by atoms with Gasteiger partial charge >= 0.3 is 5.97 Å². The smallest absolute Gasteiger partial charge is 0.338 e. The maximum atomic E-state index is 12.0. The van der Waals surface area contributed by atoms with E-state index in [2.05, 4.69) is 10.6 Å². The van der Waals surface area contributed by atoms with Crippen molar-refractivity contribution in [1.29, 1.82) is 5.26 Å². The Bertz CT molecular complexity index is 887. The van der Waals surface area contributed by atoms with Crippen LogP contribution in [0.5, 0.6) is 0 Å². The predicted molar refractivity (Wildman–Crippen MR) is 98.9 cm³/mol. The first-order chi connectivity index (χ1) is 13.0. The first-order valence-electron chi connectivity index (χ1n) is 8.35. The van der Waals surface area contributed by atoms with Crippen molar-refractivity contribution in [1.82, 2.24) is 5.32 Å². The summed E-state index contributed by atoms with van der Waals surface area (Å²) in [5.41, 5.74) is 2.18. The molecule has 0 radical (unpaired) electrons. The van der Waals surface area contributed by atoms with Crippen LogP contribution in [0.4, 0.5) is 5.69 Å². The SMILES string of the molecule is CCc1ccccc1NC(=O)CNC(=O)COC(=O)c1cccc(C#N)c1. The van der Waals surface area contributed by atoms with E-state index in [1.807, 2.05) is 31.2 Å². The fourth-order valence-corrected chi connectivity index (χ4v) is 2.30. The summed E-state index contributed by atoms with van der Waals surface area (Å²) < 4.78 is 4.88. The second-order valence-electron chi connectivity index (χ2n) is 5.60. The number of rotatable bonds is 7. The van der Waals surface area contributed by atoms with Gasteiger partial charge in [0.15, 0.2) is 6.61 Å². The fraction of sp³-hybridized carbons (Fsp3) is 0.200. The monoisotopic (exact) mass is 365 g/mol. The Hall–Kier alpha value is -3.66. The second kappa shape index (κ2) is 9.73. The van der Waals surface area contributed by atoms with Gasteiger partial charge in [-0.2, -0.15) is 5.26 Å². The van der Waals surface area contributed by atoms with Crippen LogP contribution in [0.3, 0.4) is 0 Å². The van der Waals surface area contributed by atoms with Crippen molar-refractivity contribution in [2.45, 2.75) is 13.3 Å². The topological polar surface area (TPSA) is 108 Å². The van der Waals surface area contributed by atoms with E-state index in [1.165, 1.54) is 12.1 Å². The molecule has 0 saturated carbocycles. The van der Waals surface area contributed by atoms with Crippen molar-refractivity contribution < 1.29 is 19.1 Å². The number of carbonyl (C=O) groups is 3. The summed E-state index contributed by atoms with van der Waals surface area (Å²) in [6.07, 6.45) is 0.770. The van der Waals surface area contributed by atoms with Crippen LogP contribution < -0.4 is 10.6 Å². The van der Waals surface area contributed by atoms with Crippen LogP contribution in [0.25, 0.3) is 0 Å². The molecule has 0 atom stereocenters. The Balaban J connectivity index is 1.78. The third kappa shape index (κ3) is 5.97. The molecule has 0 fully saturated rings. The van der Waals surface area contributed by atoms with E-state index in [1.54, 1.807) is 18.2 Å². The van der Waals surface area contributed by atoms with Crippen LogP contribution in [0.1, 0.15) is 28.4 Å². The predicted octanol–water partition coefficient (Wildman–Crippen LogP) is 2.03. The lowest BCUT2D eigenvalue weighted by Gasteiger charge is -2.10. The van der Waals surface area contributed by atoms with Crippen LogP contribution in [-0.4, -0.2) is 30.9 Å². The van der Waals surface area contributed by atoms with Crippen molar-refractivity contribution in [2.24, 2.45) is 0 Å². The molecular formula is C20H19N3O4. The van der Waals surface area contributed by atoms with Crippen molar-refractivity contribution in [3.05, 3.63) is 65.2 Å². The molecule has 0 aliphatic carbocycles. The van der Waals surface area contributed by atoms with Crippen molar-refractivity contribution in [3.63, 3.8) is 0 Å². The highest BCUT2D eigenvalue weighted by molar-refractivity contribution is 5.96. The van der Waals surface area contributed by atoms with Crippen LogP contribution in [0, 0.1) is 11.3 Å². The Labute approximate surface area is 156 Å². The Kier molecular flexibility index (Phi) is 7.08. The van der Waals surface area contributed by atoms with Gasteiger partial charge in [-0.3, -0.25) is 9.59 Å². The molecule has 7 heteroatoms. The number of hydrogen-bond donors (Lipinski definition) is 2. The van der Waals surface area contributed by atoms with Crippen LogP contribution in [0.15, 0.2) is 48.5 Å². The number of nitrogens with zero attached hydrogens (tertiary/aromatic N) is 1. The highest BCUT2D eigenvalue weighted by atomic mass is 16.5. The average Bonchev–Trinajstić information content (AvgIpc) is 2.70. The van der Waals surface area contributed by atoms with Gasteiger partial charge in [0.1, 0.15) is 0 Å². The molecule has 0 bridgehead atoms. The lowest BCUT2D eigenvalue weighted by Crippen LogP contribution is -2.35. The summed E-state index contributed by atoms with van der Waals surface area (Å²) in [5, 5.41) is 13.9. The number of carbonyl (C=O) groups excluding carboxylic acids is 3. The van der Waals surface area contributed by atoms with Gasteiger partial charge in [0, 0.05) is 5.69 Å². The van der Waals surface area contributed by atoms with Crippen LogP contribution >= 0.6 is 0 Å². The van der Waals surface area contributed by atoms with Gasteiger partial charge in [0.05, 0.1) is 23.7 Å². The molecular weight excluding hydrogens is 346 g/mol. The Morgan fingerprint density at radius 2 is 1.85 bits per heavy atom. The largest absolute Gasteiger partial charge is 0.452 e. The summed E-state index contributed by atoms with van der Waals surface area (Å²) in [6, 6.07) is 15.3. The second-order valence-corrected chi connectivity index (χ2v) is 5.60. The average molecular weight is 365 g/mol. The molecule has 0 aromatic heterocycles. The van der Waals surface area contributed by atoms with Crippen LogP contribution in [0.2, 0.25) is 0 Å². The molecule has 2 aromatic rings. The molecule has 0 spiro atoms. The third-order valence-corrected chi connectivity index (χ3v) is 3.68. The van der Waals surface area contributed by atoms with Gasteiger partial charge in [-0.15, -0.1) is 0 Å². The van der Waals surface area contributed by atoms with Gasteiger partial charge in [-0.1, -0.05) is 31.2 Å². The number of nitrogens with one attached hydrogen (secondary N) is 2. The number of esters is 1. The molecule has 2 amide bonds. The van der Waals surface area contributed by atoms with Crippen molar-refractivity contribution in [2.75, 3.05) is 18.5 Å². The quantitative estimate of drug-likeness (QED) is 0.730. The molecule has 7 nitrogen and oxygen atoms in total. The Morgan fingerprint density at radius 3 is 2.59 bits per heavy atom. The molecule has 138 valence electrons. The number of ether oxygens (including phenoxy) is 1. The normalized spacial score (nSPS) is 9.78. The summed E-state index contributed by atoms with van der Waals surface area (Å²) in [6.45, 7) is 1.22. The number of benzene rings is 2. The van der Waals surface area contributed by atoms with Crippen molar-refractivity contribution >= 4 is 23.5 Å². The lowest BCUT2D eigenvalue weighted by molar-refractivity contribution is -0.126. The first-order valence-corrected chi connectivity index (χ1v) is 8.35. The number of amides is 2. The van der Waals surface area contributed by atoms with Gasteiger partial charge < -0.3 is 15.4 Å². The summed E-state index contributed by atoms with van der Waals surface area (Å²) in [4.78, 5) is 35.6. The number of anilines is 1. The van der Waals surface area contributed by atoms with E-state index in [0.717, 1.165) is 12.0 Å². The van der Waals surface area contributed by atoms with E-state index >= 15 is 0 Å². The first kappa shape index (κ1) is 19.7. The molecule has 2 rings (SSSR count). The maximum absolute atomic E-state index is 12.0. The zero-order valence-electron chi connectivity index (χ0n) is 14.8. The molecule has 2 N–H and O–H groups in total. The van der Waals surface area contributed by atoms with Crippen LogP contribution in [-0.2, 0) is 20.7 Å². The van der Waals surface area contributed by atoms with E-state index in [4.69, 9.17) is 10.00 Å². The standard InChI is InChI=1S/C20H19N3O4/c1-2-15-7-3-4-9-17(15)23-18(24)12-22-19(25)13-27-20(26)16-8-5-6-14(10-16)11-21/h3-10H,2,12-13H2,1H3,(H,22,25)(H,23,24). The minimum Gasteiger partial charge on any atom is -0.452 e.